The molecule has 0 spiro atoms. The van der Waals surface area contributed by atoms with Crippen LogP contribution in [0.25, 0.3) is 11.0 Å². The molecule has 0 aliphatic heterocycles. The lowest BCUT2D eigenvalue weighted by molar-refractivity contribution is 0.312. The number of hydrogen-bond donors (Lipinski definition) is 0. The minimum atomic E-state index is -3.39. The maximum atomic E-state index is 10.8. The fraction of sp³-hybridized carbons (Fsp3) is 0.200. The molecule has 0 bridgehead atoms. The molecule has 2 rings (SSSR count). The second-order valence-corrected chi connectivity index (χ2v) is 4.90. The fourth-order valence-corrected chi connectivity index (χ4v) is 1.63. The van der Waals surface area contributed by atoms with Crippen LogP contribution < -0.4 is 0 Å². The van der Waals surface area contributed by atoms with Gasteiger partial charge < -0.3 is 4.42 Å². The third kappa shape index (κ3) is 2.57. The van der Waals surface area contributed by atoms with E-state index in [4.69, 9.17) is 4.42 Å². The van der Waals surface area contributed by atoms with Gasteiger partial charge in [-0.2, -0.15) is 8.42 Å². The van der Waals surface area contributed by atoms with Crippen LogP contribution in [0.1, 0.15) is 5.56 Å². The van der Waals surface area contributed by atoms with Gasteiger partial charge in [0.05, 0.1) is 19.1 Å². The van der Waals surface area contributed by atoms with Gasteiger partial charge in [0, 0.05) is 5.39 Å². The first-order valence-electron chi connectivity index (χ1n) is 4.35. The van der Waals surface area contributed by atoms with Crippen molar-refractivity contribution in [2.45, 2.75) is 6.61 Å². The summed E-state index contributed by atoms with van der Waals surface area (Å²) in [6, 6.07) is 7.22. The van der Waals surface area contributed by atoms with E-state index in [2.05, 4.69) is 4.18 Å². The van der Waals surface area contributed by atoms with Crippen LogP contribution in [-0.4, -0.2) is 14.7 Å². The summed E-state index contributed by atoms with van der Waals surface area (Å²) >= 11 is 0. The van der Waals surface area contributed by atoms with Gasteiger partial charge in [-0.3, -0.25) is 4.18 Å². The van der Waals surface area contributed by atoms with E-state index < -0.39 is 10.1 Å². The van der Waals surface area contributed by atoms with Crippen molar-refractivity contribution in [3.63, 3.8) is 0 Å². The molecular formula is C10H10O4S. The summed E-state index contributed by atoms with van der Waals surface area (Å²) in [5.41, 5.74) is 1.58. The van der Waals surface area contributed by atoms with Crippen molar-refractivity contribution in [3.8, 4) is 0 Å². The van der Waals surface area contributed by atoms with E-state index in [-0.39, 0.29) is 6.61 Å². The number of rotatable bonds is 3. The lowest BCUT2D eigenvalue weighted by Crippen LogP contribution is -2.02. The Hall–Kier alpha value is -1.33. The predicted octanol–water partition coefficient (Wildman–Crippen LogP) is 1.91. The average molecular weight is 226 g/mol. The maximum Gasteiger partial charge on any atom is 0.264 e. The molecule has 1 aromatic carbocycles. The van der Waals surface area contributed by atoms with Gasteiger partial charge >= 0.3 is 0 Å². The van der Waals surface area contributed by atoms with Gasteiger partial charge in [0.2, 0.25) is 0 Å². The first-order chi connectivity index (χ1) is 7.04. The Labute approximate surface area is 87.6 Å². The Balaban J connectivity index is 2.21. The van der Waals surface area contributed by atoms with Gasteiger partial charge in [0.25, 0.3) is 10.1 Å². The zero-order chi connectivity index (χ0) is 10.9. The van der Waals surface area contributed by atoms with Crippen molar-refractivity contribution in [1.82, 2.24) is 0 Å². The second-order valence-electron chi connectivity index (χ2n) is 3.26. The van der Waals surface area contributed by atoms with Crippen molar-refractivity contribution in [3.05, 3.63) is 36.1 Å². The molecule has 0 fully saturated rings. The standard InChI is InChI=1S/C10H10O4S/c1-15(11,12)14-7-8-2-3-10-9(6-8)4-5-13-10/h2-6H,7H2,1H3. The number of benzene rings is 1. The maximum absolute atomic E-state index is 10.8. The molecule has 80 valence electrons. The molecule has 0 amide bonds. The lowest BCUT2D eigenvalue weighted by atomic mass is 10.2. The van der Waals surface area contributed by atoms with Crippen LogP contribution >= 0.6 is 0 Å². The highest BCUT2D eigenvalue weighted by Gasteiger charge is 2.04. The lowest BCUT2D eigenvalue weighted by Gasteiger charge is -2.01. The van der Waals surface area contributed by atoms with Crippen LogP contribution in [0, 0.1) is 0 Å². The first-order valence-corrected chi connectivity index (χ1v) is 6.17. The van der Waals surface area contributed by atoms with E-state index in [1.165, 1.54) is 0 Å². The summed E-state index contributed by atoms with van der Waals surface area (Å²) < 4.78 is 31.4. The third-order valence-electron chi connectivity index (χ3n) is 1.96. The molecule has 4 nitrogen and oxygen atoms in total. The molecule has 5 heteroatoms. The number of furan rings is 1. The fourth-order valence-electron chi connectivity index (χ4n) is 1.28. The van der Waals surface area contributed by atoms with Crippen molar-refractivity contribution in [2.24, 2.45) is 0 Å². The Morgan fingerprint density at radius 2 is 2.13 bits per heavy atom. The number of fused-ring (bicyclic) bond motifs is 1. The SMILES string of the molecule is CS(=O)(=O)OCc1ccc2occc2c1. The molecule has 0 saturated carbocycles. The highest BCUT2D eigenvalue weighted by molar-refractivity contribution is 7.85. The van der Waals surface area contributed by atoms with Gasteiger partial charge in [0.15, 0.2) is 0 Å². The monoisotopic (exact) mass is 226 g/mol. The minimum Gasteiger partial charge on any atom is -0.464 e. The highest BCUT2D eigenvalue weighted by atomic mass is 32.2. The quantitative estimate of drug-likeness (QED) is 0.750. The van der Waals surface area contributed by atoms with Crippen LogP contribution in [0.15, 0.2) is 34.9 Å². The zero-order valence-electron chi connectivity index (χ0n) is 8.14. The zero-order valence-corrected chi connectivity index (χ0v) is 8.95. The van der Waals surface area contributed by atoms with E-state index in [1.807, 2.05) is 12.1 Å². The van der Waals surface area contributed by atoms with Gasteiger partial charge in [0.1, 0.15) is 5.58 Å². The summed E-state index contributed by atoms with van der Waals surface area (Å²) in [5, 5.41) is 0.935. The van der Waals surface area contributed by atoms with Crippen LogP contribution in [0.2, 0.25) is 0 Å². The molecule has 0 atom stereocenters. The molecular weight excluding hydrogens is 216 g/mol. The van der Waals surface area contributed by atoms with Crippen molar-refractivity contribution in [1.29, 1.82) is 0 Å². The Kier molecular flexibility index (Phi) is 2.50. The minimum absolute atomic E-state index is 0.0555. The van der Waals surface area contributed by atoms with Crippen LogP contribution in [0.3, 0.4) is 0 Å². The van der Waals surface area contributed by atoms with E-state index in [1.54, 1.807) is 18.4 Å². The predicted molar refractivity (Wildman–Crippen MR) is 55.8 cm³/mol. The summed E-state index contributed by atoms with van der Waals surface area (Å²) in [5.74, 6) is 0. The van der Waals surface area contributed by atoms with Gasteiger partial charge in [-0.15, -0.1) is 0 Å². The second kappa shape index (κ2) is 3.67. The van der Waals surface area contributed by atoms with E-state index in [0.29, 0.717) is 0 Å². The Bertz CT molecular complexity index is 568. The largest absolute Gasteiger partial charge is 0.464 e. The summed E-state index contributed by atoms with van der Waals surface area (Å²) in [6.45, 7) is 0.0555. The highest BCUT2D eigenvalue weighted by Crippen LogP contribution is 2.17. The van der Waals surface area contributed by atoms with E-state index in [9.17, 15) is 8.42 Å². The van der Waals surface area contributed by atoms with Gasteiger partial charge in [-0.1, -0.05) is 6.07 Å². The molecule has 1 aromatic heterocycles. The average Bonchev–Trinajstić information content (AvgIpc) is 2.60. The van der Waals surface area contributed by atoms with E-state index in [0.717, 1.165) is 22.8 Å². The van der Waals surface area contributed by atoms with Crippen LogP contribution in [0.4, 0.5) is 0 Å². The van der Waals surface area contributed by atoms with Crippen LogP contribution in [-0.2, 0) is 20.9 Å². The first kappa shape index (κ1) is 10.2. The smallest absolute Gasteiger partial charge is 0.264 e. The van der Waals surface area contributed by atoms with Crippen LogP contribution in [0.5, 0.6) is 0 Å². The molecule has 0 radical (unpaired) electrons. The van der Waals surface area contributed by atoms with E-state index >= 15 is 0 Å². The molecule has 0 saturated heterocycles. The van der Waals surface area contributed by atoms with Gasteiger partial charge in [-0.25, -0.2) is 0 Å². The summed E-state index contributed by atoms with van der Waals surface area (Å²) in [4.78, 5) is 0. The van der Waals surface area contributed by atoms with Crippen molar-refractivity contribution >= 4 is 21.1 Å². The van der Waals surface area contributed by atoms with Gasteiger partial charge in [-0.05, 0) is 23.8 Å². The molecule has 0 aliphatic rings. The molecule has 0 aliphatic carbocycles. The molecule has 2 aromatic rings. The normalized spacial score (nSPS) is 12.1. The molecule has 15 heavy (non-hydrogen) atoms. The Morgan fingerprint density at radius 3 is 2.87 bits per heavy atom. The van der Waals surface area contributed by atoms with Crippen molar-refractivity contribution in [2.75, 3.05) is 6.26 Å². The molecule has 1 heterocycles. The topological polar surface area (TPSA) is 56.5 Å². The molecule has 0 unspecified atom stereocenters. The van der Waals surface area contributed by atoms with Crippen molar-refractivity contribution < 1.29 is 17.0 Å². The molecule has 0 N–H and O–H groups in total. The summed E-state index contributed by atoms with van der Waals surface area (Å²) in [7, 11) is -3.39. The Morgan fingerprint density at radius 1 is 1.33 bits per heavy atom. The summed E-state index contributed by atoms with van der Waals surface area (Å²) in [6.07, 6.45) is 2.62. The third-order valence-corrected chi connectivity index (χ3v) is 2.50. The number of hydrogen-bond acceptors (Lipinski definition) is 4.